The molecule has 1 amide bonds. The zero-order valence-electron chi connectivity index (χ0n) is 11.3. The number of ether oxygens (including phenoxy) is 2. The highest BCUT2D eigenvalue weighted by atomic mass is 35.5. The maximum atomic E-state index is 12.3. The molecule has 5 heteroatoms. The van der Waals surface area contributed by atoms with Crippen molar-refractivity contribution in [2.75, 3.05) is 20.3 Å². The van der Waals surface area contributed by atoms with Gasteiger partial charge in [-0.1, -0.05) is 17.7 Å². The van der Waals surface area contributed by atoms with Gasteiger partial charge in [0.15, 0.2) is 0 Å². The molecule has 1 N–H and O–H groups in total. The van der Waals surface area contributed by atoms with Gasteiger partial charge in [-0.25, -0.2) is 0 Å². The quantitative estimate of drug-likeness (QED) is 0.925. The molecule has 0 unspecified atom stereocenters. The first-order chi connectivity index (χ1) is 9.70. The summed E-state index contributed by atoms with van der Waals surface area (Å²) in [5.74, 6) is 0.581. The van der Waals surface area contributed by atoms with Crippen molar-refractivity contribution >= 4 is 17.5 Å². The first kappa shape index (κ1) is 13.9. The SMILES string of the molecule is COC[C@H]1[C@@H](NC(=O)c2cccc(Cl)c2)[C@@H]2CCO[C@@H]21. The maximum absolute atomic E-state index is 12.3. The third-order valence-corrected chi connectivity index (χ3v) is 4.51. The Balaban J connectivity index is 1.68. The highest BCUT2D eigenvalue weighted by Crippen LogP contribution is 2.43. The minimum Gasteiger partial charge on any atom is -0.384 e. The van der Waals surface area contributed by atoms with Gasteiger partial charge in [-0.2, -0.15) is 0 Å². The molecule has 2 fully saturated rings. The zero-order chi connectivity index (χ0) is 14.1. The molecule has 0 aromatic heterocycles. The molecule has 1 saturated carbocycles. The Labute approximate surface area is 123 Å². The molecule has 0 spiro atoms. The van der Waals surface area contributed by atoms with Crippen LogP contribution in [-0.2, 0) is 9.47 Å². The lowest BCUT2D eigenvalue weighted by Gasteiger charge is -2.47. The first-order valence-corrected chi connectivity index (χ1v) is 7.25. The molecule has 0 bridgehead atoms. The summed E-state index contributed by atoms with van der Waals surface area (Å²) in [6.45, 7) is 1.39. The van der Waals surface area contributed by atoms with Crippen LogP contribution in [0.3, 0.4) is 0 Å². The minimum atomic E-state index is -0.0797. The summed E-state index contributed by atoms with van der Waals surface area (Å²) in [7, 11) is 1.68. The molecule has 20 heavy (non-hydrogen) atoms. The van der Waals surface area contributed by atoms with E-state index in [0.29, 0.717) is 23.1 Å². The van der Waals surface area contributed by atoms with Gasteiger partial charge in [0.05, 0.1) is 12.7 Å². The molecular formula is C15H18ClNO3. The number of carbonyl (C=O) groups is 1. The third-order valence-electron chi connectivity index (χ3n) is 4.27. The molecule has 1 heterocycles. The molecule has 4 nitrogen and oxygen atoms in total. The number of halogens is 1. The Bertz CT molecular complexity index is 508. The fraction of sp³-hybridized carbons (Fsp3) is 0.533. The van der Waals surface area contributed by atoms with Crippen LogP contribution >= 0.6 is 11.6 Å². The lowest BCUT2D eigenvalue weighted by Crippen LogP contribution is -2.62. The summed E-state index contributed by atoms with van der Waals surface area (Å²) in [6.07, 6.45) is 1.24. The van der Waals surface area contributed by atoms with Gasteiger partial charge in [-0.05, 0) is 24.6 Å². The molecule has 4 atom stereocenters. The normalized spacial score (nSPS) is 31.5. The number of hydrogen-bond donors (Lipinski definition) is 1. The number of carbonyl (C=O) groups excluding carboxylic acids is 1. The predicted octanol–water partition coefficient (Wildman–Crippen LogP) is 2.12. The van der Waals surface area contributed by atoms with Crippen molar-refractivity contribution in [2.45, 2.75) is 18.6 Å². The molecular weight excluding hydrogens is 278 g/mol. The summed E-state index contributed by atoms with van der Waals surface area (Å²) in [5, 5.41) is 3.68. The average Bonchev–Trinajstić information content (AvgIpc) is 2.86. The molecule has 1 aromatic rings. The van der Waals surface area contributed by atoms with E-state index in [4.69, 9.17) is 21.1 Å². The Morgan fingerprint density at radius 2 is 2.40 bits per heavy atom. The number of methoxy groups -OCH3 is 1. The zero-order valence-corrected chi connectivity index (χ0v) is 12.1. The Kier molecular flexibility index (Phi) is 3.96. The summed E-state index contributed by atoms with van der Waals surface area (Å²) < 4.78 is 10.9. The van der Waals surface area contributed by atoms with Crippen LogP contribution in [0.15, 0.2) is 24.3 Å². The number of hydrogen-bond acceptors (Lipinski definition) is 3. The molecule has 108 valence electrons. The number of nitrogens with one attached hydrogen (secondary N) is 1. The lowest BCUT2D eigenvalue weighted by atomic mass is 9.67. The van der Waals surface area contributed by atoms with E-state index in [1.54, 1.807) is 31.4 Å². The Hall–Kier alpha value is -1.10. The number of amides is 1. The summed E-state index contributed by atoms with van der Waals surface area (Å²) in [6, 6.07) is 7.13. The van der Waals surface area contributed by atoms with Crippen molar-refractivity contribution in [1.82, 2.24) is 5.32 Å². The van der Waals surface area contributed by atoms with Crippen molar-refractivity contribution in [1.29, 1.82) is 0 Å². The molecule has 1 aliphatic carbocycles. The number of rotatable bonds is 4. The number of benzene rings is 1. The van der Waals surface area contributed by atoms with Gasteiger partial charge in [-0.15, -0.1) is 0 Å². The topological polar surface area (TPSA) is 47.6 Å². The highest BCUT2D eigenvalue weighted by molar-refractivity contribution is 6.30. The van der Waals surface area contributed by atoms with E-state index in [0.717, 1.165) is 13.0 Å². The summed E-state index contributed by atoms with van der Waals surface area (Å²) in [5.41, 5.74) is 0.594. The second-order valence-electron chi connectivity index (χ2n) is 5.42. The van der Waals surface area contributed by atoms with E-state index in [2.05, 4.69) is 5.32 Å². The van der Waals surface area contributed by atoms with Crippen LogP contribution in [-0.4, -0.2) is 38.4 Å². The predicted molar refractivity (Wildman–Crippen MR) is 75.9 cm³/mol. The van der Waals surface area contributed by atoms with Gasteiger partial charge in [0, 0.05) is 42.2 Å². The van der Waals surface area contributed by atoms with Crippen LogP contribution in [0, 0.1) is 11.8 Å². The van der Waals surface area contributed by atoms with Crippen LogP contribution in [0.25, 0.3) is 0 Å². The van der Waals surface area contributed by atoms with Crippen molar-refractivity contribution in [3.05, 3.63) is 34.9 Å². The van der Waals surface area contributed by atoms with Crippen LogP contribution in [0.1, 0.15) is 16.8 Å². The molecule has 1 aromatic carbocycles. The monoisotopic (exact) mass is 295 g/mol. The van der Waals surface area contributed by atoms with E-state index in [1.807, 2.05) is 0 Å². The fourth-order valence-electron chi connectivity index (χ4n) is 3.30. The van der Waals surface area contributed by atoms with Crippen molar-refractivity contribution in [3.8, 4) is 0 Å². The second-order valence-corrected chi connectivity index (χ2v) is 5.85. The van der Waals surface area contributed by atoms with E-state index in [1.165, 1.54) is 0 Å². The molecule has 3 rings (SSSR count). The van der Waals surface area contributed by atoms with Crippen LogP contribution in [0.5, 0.6) is 0 Å². The maximum Gasteiger partial charge on any atom is 0.251 e. The molecule has 1 aliphatic heterocycles. The largest absolute Gasteiger partial charge is 0.384 e. The van der Waals surface area contributed by atoms with Gasteiger partial charge in [0.2, 0.25) is 0 Å². The van der Waals surface area contributed by atoms with Crippen LogP contribution in [0.4, 0.5) is 0 Å². The van der Waals surface area contributed by atoms with Gasteiger partial charge >= 0.3 is 0 Å². The Morgan fingerprint density at radius 3 is 3.15 bits per heavy atom. The average molecular weight is 296 g/mol. The standard InChI is InChI=1S/C15H18ClNO3/c1-19-8-12-13(11-5-6-20-14(11)12)17-15(18)9-3-2-4-10(16)7-9/h2-4,7,11-14H,5-6,8H2,1H3,(H,17,18)/t11-,12-,13-,14-/m0/s1. The van der Waals surface area contributed by atoms with E-state index in [9.17, 15) is 4.79 Å². The molecule has 0 radical (unpaired) electrons. The van der Waals surface area contributed by atoms with Gasteiger partial charge in [0.1, 0.15) is 0 Å². The highest BCUT2D eigenvalue weighted by Gasteiger charge is 2.54. The first-order valence-electron chi connectivity index (χ1n) is 6.87. The van der Waals surface area contributed by atoms with Crippen LogP contribution in [0.2, 0.25) is 5.02 Å². The smallest absolute Gasteiger partial charge is 0.251 e. The summed E-state index contributed by atoms with van der Waals surface area (Å²) in [4.78, 5) is 12.3. The van der Waals surface area contributed by atoms with Gasteiger partial charge in [0.25, 0.3) is 5.91 Å². The van der Waals surface area contributed by atoms with E-state index >= 15 is 0 Å². The minimum absolute atomic E-state index is 0.0797. The number of fused-ring (bicyclic) bond motifs is 1. The lowest BCUT2D eigenvalue weighted by molar-refractivity contribution is -0.0809. The van der Waals surface area contributed by atoms with Crippen molar-refractivity contribution in [2.24, 2.45) is 11.8 Å². The fourth-order valence-corrected chi connectivity index (χ4v) is 3.49. The Morgan fingerprint density at radius 1 is 1.55 bits per heavy atom. The summed E-state index contributed by atoms with van der Waals surface area (Å²) >= 11 is 5.92. The van der Waals surface area contributed by atoms with Crippen LogP contribution < -0.4 is 5.32 Å². The van der Waals surface area contributed by atoms with Gasteiger partial charge < -0.3 is 14.8 Å². The van der Waals surface area contributed by atoms with Gasteiger partial charge in [-0.3, -0.25) is 4.79 Å². The van der Waals surface area contributed by atoms with Crippen molar-refractivity contribution < 1.29 is 14.3 Å². The van der Waals surface area contributed by atoms with E-state index in [-0.39, 0.29) is 24.0 Å². The second kappa shape index (κ2) is 5.72. The van der Waals surface area contributed by atoms with Crippen molar-refractivity contribution in [3.63, 3.8) is 0 Å². The molecule has 1 saturated heterocycles. The molecule has 2 aliphatic rings. The third kappa shape index (κ3) is 2.43. The van der Waals surface area contributed by atoms with E-state index < -0.39 is 0 Å².